The lowest BCUT2D eigenvalue weighted by Gasteiger charge is -2.10. The van der Waals surface area contributed by atoms with E-state index in [0.717, 1.165) is 23.4 Å². The number of sulfonamides is 1. The van der Waals surface area contributed by atoms with Gasteiger partial charge in [-0.1, -0.05) is 18.2 Å². The van der Waals surface area contributed by atoms with Gasteiger partial charge in [-0.2, -0.15) is 0 Å². The minimum atomic E-state index is -3.71. The van der Waals surface area contributed by atoms with Crippen LogP contribution in [0.3, 0.4) is 0 Å². The third-order valence-electron chi connectivity index (χ3n) is 3.76. The van der Waals surface area contributed by atoms with Crippen molar-refractivity contribution in [1.29, 1.82) is 0 Å². The summed E-state index contributed by atoms with van der Waals surface area (Å²) in [4.78, 5) is 12.0. The lowest BCUT2D eigenvalue weighted by Crippen LogP contribution is -2.27. The van der Waals surface area contributed by atoms with E-state index in [2.05, 4.69) is 10.0 Å². The highest BCUT2D eigenvalue weighted by atomic mass is 32.2. The number of benzene rings is 2. The van der Waals surface area contributed by atoms with Crippen molar-refractivity contribution >= 4 is 21.6 Å². The molecule has 7 heteroatoms. The first-order valence-corrected chi connectivity index (χ1v) is 8.61. The fourth-order valence-corrected chi connectivity index (χ4v) is 3.64. The van der Waals surface area contributed by atoms with Crippen LogP contribution < -0.4 is 10.0 Å². The van der Waals surface area contributed by atoms with E-state index in [-0.39, 0.29) is 23.3 Å². The second-order valence-corrected chi connectivity index (χ2v) is 7.04. The number of amides is 1. The van der Waals surface area contributed by atoms with Gasteiger partial charge in [0.1, 0.15) is 5.82 Å². The molecule has 0 radical (unpaired) electrons. The molecule has 1 heterocycles. The highest BCUT2D eigenvalue weighted by Crippen LogP contribution is 2.33. The predicted molar refractivity (Wildman–Crippen MR) is 84.0 cm³/mol. The number of fused-ring (bicyclic) bond motifs is 1. The Bertz CT molecular complexity index is 835. The summed E-state index contributed by atoms with van der Waals surface area (Å²) in [6, 6.07) is 11.9. The molecule has 23 heavy (non-hydrogen) atoms. The van der Waals surface area contributed by atoms with Crippen LogP contribution >= 0.6 is 0 Å². The zero-order valence-electron chi connectivity index (χ0n) is 12.1. The second kappa shape index (κ2) is 6.10. The van der Waals surface area contributed by atoms with Gasteiger partial charge in [0.05, 0.1) is 10.8 Å². The van der Waals surface area contributed by atoms with Crippen molar-refractivity contribution < 1.29 is 17.6 Å². The highest BCUT2D eigenvalue weighted by molar-refractivity contribution is 7.89. The summed E-state index contributed by atoms with van der Waals surface area (Å²) in [7, 11) is -3.71. The van der Waals surface area contributed by atoms with E-state index in [1.807, 2.05) is 24.3 Å². The van der Waals surface area contributed by atoms with Gasteiger partial charge in [0.2, 0.25) is 15.9 Å². The van der Waals surface area contributed by atoms with Gasteiger partial charge in [-0.05, 0) is 42.3 Å². The zero-order valence-corrected chi connectivity index (χ0v) is 12.9. The van der Waals surface area contributed by atoms with Gasteiger partial charge in [-0.25, -0.2) is 17.5 Å². The van der Waals surface area contributed by atoms with Crippen molar-refractivity contribution in [2.24, 2.45) is 0 Å². The molecule has 1 amide bonds. The average molecular weight is 334 g/mol. The lowest BCUT2D eigenvalue weighted by atomic mass is 9.97. The molecule has 0 fully saturated rings. The molecule has 1 unspecified atom stereocenters. The molecule has 3 rings (SSSR count). The summed E-state index contributed by atoms with van der Waals surface area (Å²) in [5.41, 5.74) is 1.64. The summed E-state index contributed by atoms with van der Waals surface area (Å²) in [6.07, 6.45) is 0.350. The van der Waals surface area contributed by atoms with Crippen molar-refractivity contribution in [3.63, 3.8) is 0 Å². The van der Waals surface area contributed by atoms with E-state index in [4.69, 9.17) is 0 Å². The fraction of sp³-hybridized carbons (Fsp3) is 0.188. The van der Waals surface area contributed by atoms with Gasteiger partial charge in [-0.15, -0.1) is 0 Å². The third-order valence-corrected chi connectivity index (χ3v) is 5.24. The number of anilines is 1. The van der Waals surface area contributed by atoms with Crippen molar-refractivity contribution in [3.05, 3.63) is 59.9 Å². The first-order chi connectivity index (χ1) is 11.0. The van der Waals surface area contributed by atoms with Crippen LogP contribution in [-0.2, 0) is 14.8 Å². The molecule has 1 aliphatic rings. The molecule has 2 aromatic carbocycles. The maximum atomic E-state index is 12.9. The predicted octanol–water partition coefficient (Wildman–Crippen LogP) is 2.23. The first kappa shape index (κ1) is 15.6. The molecule has 1 aliphatic heterocycles. The van der Waals surface area contributed by atoms with E-state index in [9.17, 15) is 17.6 Å². The van der Waals surface area contributed by atoms with E-state index in [1.165, 1.54) is 12.1 Å². The van der Waals surface area contributed by atoms with E-state index in [1.54, 1.807) is 0 Å². The van der Waals surface area contributed by atoms with Crippen LogP contribution in [0.2, 0.25) is 0 Å². The normalized spacial score (nSPS) is 16.9. The standard InChI is InChI=1S/C16H15FN2O3S/c17-11-5-7-12(8-6-11)23(21,22)18-10-9-14-13-3-1-2-4-15(13)19-16(14)20/h1-8,14,18H,9-10H2,(H,19,20). The van der Waals surface area contributed by atoms with Gasteiger partial charge in [0.15, 0.2) is 0 Å². The summed E-state index contributed by atoms with van der Waals surface area (Å²) >= 11 is 0. The van der Waals surface area contributed by atoms with Crippen LogP contribution in [0.1, 0.15) is 17.9 Å². The van der Waals surface area contributed by atoms with Crippen LogP contribution in [0.25, 0.3) is 0 Å². The number of nitrogens with one attached hydrogen (secondary N) is 2. The first-order valence-electron chi connectivity index (χ1n) is 7.12. The molecule has 0 saturated heterocycles. The summed E-state index contributed by atoms with van der Waals surface area (Å²) in [6.45, 7) is 0.117. The number of carbonyl (C=O) groups is 1. The Morgan fingerprint density at radius 1 is 1.09 bits per heavy atom. The summed E-state index contributed by atoms with van der Waals surface area (Å²) in [5.74, 6) is -1.00. The lowest BCUT2D eigenvalue weighted by molar-refractivity contribution is -0.117. The average Bonchev–Trinajstić information content (AvgIpc) is 2.84. The fourth-order valence-electron chi connectivity index (χ4n) is 2.60. The molecule has 0 bridgehead atoms. The molecular weight excluding hydrogens is 319 g/mol. The molecular formula is C16H15FN2O3S. The maximum Gasteiger partial charge on any atom is 0.240 e. The third kappa shape index (κ3) is 3.25. The molecule has 0 aromatic heterocycles. The van der Waals surface area contributed by atoms with Crippen molar-refractivity contribution in [1.82, 2.24) is 4.72 Å². The largest absolute Gasteiger partial charge is 0.325 e. The molecule has 0 saturated carbocycles. The minimum Gasteiger partial charge on any atom is -0.325 e. The number of rotatable bonds is 5. The van der Waals surface area contributed by atoms with Gasteiger partial charge in [-0.3, -0.25) is 4.79 Å². The Morgan fingerprint density at radius 3 is 2.52 bits per heavy atom. The van der Waals surface area contributed by atoms with Gasteiger partial charge < -0.3 is 5.32 Å². The topological polar surface area (TPSA) is 75.3 Å². The van der Waals surface area contributed by atoms with Crippen molar-refractivity contribution in [2.75, 3.05) is 11.9 Å². The quantitative estimate of drug-likeness (QED) is 0.880. The Morgan fingerprint density at radius 2 is 1.78 bits per heavy atom. The number of para-hydroxylation sites is 1. The van der Waals surface area contributed by atoms with E-state index >= 15 is 0 Å². The number of hydrogen-bond acceptors (Lipinski definition) is 3. The molecule has 2 N–H and O–H groups in total. The van der Waals surface area contributed by atoms with E-state index < -0.39 is 15.8 Å². The van der Waals surface area contributed by atoms with Crippen molar-refractivity contribution in [2.45, 2.75) is 17.2 Å². The van der Waals surface area contributed by atoms with Crippen LogP contribution in [0.4, 0.5) is 10.1 Å². The summed E-state index contributed by atoms with van der Waals surface area (Å²) < 4.78 is 39.5. The summed E-state index contributed by atoms with van der Waals surface area (Å²) in [5, 5.41) is 2.78. The molecule has 1 atom stereocenters. The van der Waals surface area contributed by atoms with Crippen LogP contribution in [0.5, 0.6) is 0 Å². The minimum absolute atomic E-state index is 0.00447. The monoisotopic (exact) mass is 334 g/mol. The molecule has 5 nitrogen and oxygen atoms in total. The van der Waals surface area contributed by atoms with Crippen LogP contribution in [0.15, 0.2) is 53.4 Å². The smallest absolute Gasteiger partial charge is 0.240 e. The van der Waals surface area contributed by atoms with Gasteiger partial charge >= 0.3 is 0 Å². The SMILES string of the molecule is O=C1Nc2ccccc2C1CCNS(=O)(=O)c1ccc(F)cc1. The molecule has 2 aromatic rings. The number of hydrogen-bond donors (Lipinski definition) is 2. The maximum absolute atomic E-state index is 12.9. The second-order valence-electron chi connectivity index (χ2n) is 5.27. The highest BCUT2D eigenvalue weighted by Gasteiger charge is 2.29. The van der Waals surface area contributed by atoms with Crippen molar-refractivity contribution in [3.8, 4) is 0 Å². The van der Waals surface area contributed by atoms with Gasteiger partial charge in [0, 0.05) is 12.2 Å². The number of carbonyl (C=O) groups excluding carboxylic acids is 1. The molecule has 0 aliphatic carbocycles. The Kier molecular flexibility index (Phi) is 4.14. The molecule has 120 valence electrons. The Balaban J connectivity index is 1.65. The Labute approximate surface area is 133 Å². The number of halogens is 1. The van der Waals surface area contributed by atoms with Crippen LogP contribution in [0, 0.1) is 5.82 Å². The van der Waals surface area contributed by atoms with E-state index in [0.29, 0.717) is 6.42 Å². The Hall–Kier alpha value is -2.25. The van der Waals surface area contributed by atoms with Gasteiger partial charge in [0.25, 0.3) is 0 Å². The molecule has 0 spiro atoms. The van der Waals surface area contributed by atoms with Crippen LogP contribution in [-0.4, -0.2) is 20.9 Å². The zero-order chi connectivity index (χ0) is 16.4.